The van der Waals surface area contributed by atoms with Crippen LogP contribution in [0.25, 0.3) is 0 Å². The Morgan fingerprint density at radius 2 is 1.71 bits per heavy atom. The van der Waals surface area contributed by atoms with E-state index in [0.29, 0.717) is 11.1 Å². The molecule has 5 nitrogen and oxygen atoms in total. The van der Waals surface area contributed by atoms with Gasteiger partial charge in [-0.3, -0.25) is 4.79 Å². The summed E-state index contributed by atoms with van der Waals surface area (Å²) in [5.74, 6) is -0.730. The molecule has 0 aliphatic heterocycles. The van der Waals surface area contributed by atoms with Crippen LogP contribution < -0.4 is 11.5 Å². The number of hydrogen-bond acceptors (Lipinski definition) is 4. The molecule has 0 aliphatic carbocycles. The van der Waals surface area contributed by atoms with Gasteiger partial charge in [0.1, 0.15) is 0 Å². The lowest BCUT2D eigenvalue weighted by Crippen LogP contribution is -2.11. The first-order valence-corrected chi connectivity index (χ1v) is 7.92. The van der Waals surface area contributed by atoms with Crippen molar-refractivity contribution >= 4 is 21.4 Å². The van der Waals surface area contributed by atoms with E-state index in [-0.39, 0.29) is 16.3 Å². The van der Waals surface area contributed by atoms with Crippen LogP contribution in [0.4, 0.5) is 5.69 Å². The summed E-state index contributed by atoms with van der Waals surface area (Å²) >= 11 is 0. The predicted octanol–water partition coefficient (Wildman–Crippen LogP) is 1.65. The topological polar surface area (TPSA) is 103 Å². The standard InChI is InChI=1S/C15H16N2O3S/c1-10-2-7-14(13(16)8-10)21(19,20)9-11-3-5-12(6-4-11)15(17)18/h2-8H,9,16H2,1H3,(H2,17,18). The highest BCUT2D eigenvalue weighted by Crippen LogP contribution is 2.23. The predicted molar refractivity (Wildman–Crippen MR) is 81.4 cm³/mol. The van der Waals surface area contributed by atoms with Crippen molar-refractivity contribution in [1.82, 2.24) is 0 Å². The lowest BCUT2D eigenvalue weighted by Gasteiger charge is -2.08. The van der Waals surface area contributed by atoms with Crippen molar-refractivity contribution in [3.05, 3.63) is 59.2 Å². The third kappa shape index (κ3) is 3.41. The summed E-state index contributed by atoms with van der Waals surface area (Å²) in [5.41, 5.74) is 13.0. The van der Waals surface area contributed by atoms with Crippen molar-refractivity contribution in [2.45, 2.75) is 17.6 Å². The lowest BCUT2D eigenvalue weighted by atomic mass is 10.1. The first-order valence-electron chi connectivity index (χ1n) is 6.27. The molecule has 0 aromatic heterocycles. The van der Waals surface area contributed by atoms with Crippen LogP contribution in [-0.4, -0.2) is 14.3 Å². The maximum absolute atomic E-state index is 12.4. The molecule has 21 heavy (non-hydrogen) atoms. The SMILES string of the molecule is Cc1ccc(S(=O)(=O)Cc2ccc(C(N)=O)cc2)c(N)c1. The zero-order valence-corrected chi connectivity index (χ0v) is 12.4. The molecule has 0 spiro atoms. The number of nitrogens with two attached hydrogens (primary N) is 2. The minimum absolute atomic E-state index is 0.118. The van der Waals surface area contributed by atoms with Crippen molar-refractivity contribution in [3.8, 4) is 0 Å². The van der Waals surface area contributed by atoms with Gasteiger partial charge in [-0.05, 0) is 42.3 Å². The second-order valence-corrected chi connectivity index (χ2v) is 6.82. The summed E-state index contributed by atoms with van der Waals surface area (Å²) in [6.07, 6.45) is 0. The molecule has 0 bridgehead atoms. The minimum Gasteiger partial charge on any atom is -0.398 e. The quantitative estimate of drug-likeness (QED) is 0.838. The van der Waals surface area contributed by atoms with Gasteiger partial charge in [0.15, 0.2) is 9.84 Å². The largest absolute Gasteiger partial charge is 0.398 e. The van der Waals surface area contributed by atoms with E-state index in [9.17, 15) is 13.2 Å². The number of hydrogen-bond donors (Lipinski definition) is 2. The number of amides is 1. The van der Waals surface area contributed by atoms with Gasteiger partial charge in [0, 0.05) is 5.56 Å². The van der Waals surface area contributed by atoms with Crippen molar-refractivity contribution < 1.29 is 13.2 Å². The molecular weight excluding hydrogens is 288 g/mol. The Kier molecular flexibility index (Phi) is 3.99. The van der Waals surface area contributed by atoms with Crippen LogP contribution >= 0.6 is 0 Å². The highest BCUT2D eigenvalue weighted by molar-refractivity contribution is 7.90. The molecule has 110 valence electrons. The molecule has 0 saturated carbocycles. The van der Waals surface area contributed by atoms with Crippen LogP contribution in [-0.2, 0) is 15.6 Å². The van der Waals surface area contributed by atoms with E-state index in [0.717, 1.165) is 5.56 Å². The van der Waals surface area contributed by atoms with E-state index >= 15 is 0 Å². The van der Waals surface area contributed by atoms with Gasteiger partial charge in [-0.15, -0.1) is 0 Å². The fourth-order valence-electron chi connectivity index (χ4n) is 2.01. The van der Waals surface area contributed by atoms with E-state index in [1.807, 2.05) is 6.92 Å². The van der Waals surface area contributed by atoms with Gasteiger partial charge in [0.05, 0.1) is 16.3 Å². The van der Waals surface area contributed by atoms with Gasteiger partial charge < -0.3 is 11.5 Å². The number of carbonyl (C=O) groups excluding carboxylic acids is 1. The minimum atomic E-state index is -3.54. The Bertz CT molecular complexity index is 781. The van der Waals surface area contributed by atoms with Gasteiger partial charge in [-0.1, -0.05) is 18.2 Å². The average molecular weight is 304 g/mol. The van der Waals surface area contributed by atoms with Crippen LogP contribution in [0.1, 0.15) is 21.5 Å². The van der Waals surface area contributed by atoms with Crippen LogP contribution in [0.3, 0.4) is 0 Å². The van der Waals surface area contributed by atoms with Gasteiger partial charge in [0.2, 0.25) is 5.91 Å². The molecule has 0 fully saturated rings. The highest BCUT2D eigenvalue weighted by atomic mass is 32.2. The summed E-state index contributed by atoms with van der Waals surface area (Å²) in [6.45, 7) is 1.84. The third-order valence-electron chi connectivity index (χ3n) is 3.10. The van der Waals surface area contributed by atoms with Crippen LogP contribution in [0.5, 0.6) is 0 Å². The number of aryl methyl sites for hydroxylation is 1. The summed E-state index contributed by atoms with van der Waals surface area (Å²) in [7, 11) is -3.54. The molecule has 0 aliphatic rings. The van der Waals surface area contributed by atoms with E-state index in [2.05, 4.69) is 0 Å². The number of carbonyl (C=O) groups is 1. The lowest BCUT2D eigenvalue weighted by molar-refractivity contribution is 0.100. The summed E-state index contributed by atoms with van der Waals surface area (Å²) in [4.78, 5) is 11.1. The van der Waals surface area contributed by atoms with Crippen LogP contribution in [0, 0.1) is 6.92 Å². The van der Waals surface area contributed by atoms with E-state index in [4.69, 9.17) is 11.5 Å². The highest BCUT2D eigenvalue weighted by Gasteiger charge is 2.18. The first-order chi connectivity index (χ1) is 9.79. The van der Waals surface area contributed by atoms with E-state index in [1.165, 1.54) is 18.2 Å². The number of sulfone groups is 1. The molecule has 0 heterocycles. The molecular formula is C15H16N2O3S. The Morgan fingerprint density at radius 1 is 1.10 bits per heavy atom. The maximum atomic E-state index is 12.4. The average Bonchev–Trinajstić information content (AvgIpc) is 2.38. The number of rotatable bonds is 4. The second kappa shape index (κ2) is 5.57. The van der Waals surface area contributed by atoms with Crippen molar-refractivity contribution in [1.29, 1.82) is 0 Å². The van der Waals surface area contributed by atoms with E-state index in [1.54, 1.807) is 24.3 Å². The van der Waals surface area contributed by atoms with Crippen molar-refractivity contribution in [3.63, 3.8) is 0 Å². The third-order valence-corrected chi connectivity index (χ3v) is 4.85. The molecule has 2 rings (SSSR count). The second-order valence-electron chi connectivity index (χ2n) is 4.86. The molecule has 1 amide bonds. The zero-order valence-electron chi connectivity index (χ0n) is 11.5. The number of primary amides is 1. The molecule has 2 aromatic rings. The zero-order chi connectivity index (χ0) is 15.6. The van der Waals surface area contributed by atoms with Crippen LogP contribution in [0.15, 0.2) is 47.4 Å². The molecule has 0 atom stereocenters. The monoisotopic (exact) mass is 304 g/mol. The van der Waals surface area contributed by atoms with E-state index < -0.39 is 15.7 Å². The summed E-state index contributed by atoms with van der Waals surface area (Å²) in [5, 5.41) is 0. The molecule has 6 heteroatoms. The Hall–Kier alpha value is -2.34. The fourth-order valence-corrected chi connectivity index (χ4v) is 3.49. The molecule has 0 saturated heterocycles. The summed E-state index contributed by atoms with van der Waals surface area (Å²) < 4.78 is 24.8. The molecule has 0 unspecified atom stereocenters. The Labute approximate surface area is 123 Å². The van der Waals surface area contributed by atoms with Gasteiger partial charge in [-0.2, -0.15) is 0 Å². The smallest absolute Gasteiger partial charge is 0.248 e. The van der Waals surface area contributed by atoms with Crippen molar-refractivity contribution in [2.75, 3.05) is 5.73 Å². The first kappa shape index (κ1) is 15.1. The fraction of sp³-hybridized carbons (Fsp3) is 0.133. The molecule has 4 N–H and O–H groups in total. The van der Waals surface area contributed by atoms with Gasteiger partial charge >= 0.3 is 0 Å². The Balaban J connectivity index is 2.30. The van der Waals surface area contributed by atoms with Crippen LogP contribution in [0.2, 0.25) is 0 Å². The van der Waals surface area contributed by atoms with Gasteiger partial charge in [-0.25, -0.2) is 8.42 Å². The molecule has 2 aromatic carbocycles. The Morgan fingerprint density at radius 3 is 2.24 bits per heavy atom. The van der Waals surface area contributed by atoms with Crippen molar-refractivity contribution in [2.24, 2.45) is 5.73 Å². The maximum Gasteiger partial charge on any atom is 0.248 e. The number of benzene rings is 2. The molecule has 0 radical (unpaired) electrons. The van der Waals surface area contributed by atoms with Gasteiger partial charge in [0.25, 0.3) is 0 Å². The summed E-state index contributed by atoms with van der Waals surface area (Å²) in [6, 6.07) is 11.0. The normalized spacial score (nSPS) is 11.3. The number of nitrogen functional groups attached to an aromatic ring is 1. The number of anilines is 1.